The van der Waals surface area contributed by atoms with Crippen molar-refractivity contribution in [1.29, 1.82) is 0 Å². The molecule has 1 aromatic rings. The number of fused-ring (bicyclic) bond motifs is 1. The van der Waals surface area contributed by atoms with E-state index in [-0.39, 0.29) is 0 Å². The lowest BCUT2D eigenvalue weighted by Gasteiger charge is -2.37. The molecule has 1 N–H and O–H groups in total. The molecule has 0 aromatic carbocycles. The van der Waals surface area contributed by atoms with Crippen molar-refractivity contribution < 1.29 is 4.74 Å². The van der Waals surface area contributed by atoms with Gasteiger partial charge in [0.1, 0.15) is 5.75 Å². The van der Waals surface area contributed by atoms with Crippen LogP contribution in [-0.4, -0.2) is 18.1 Å². The Kier molecular flexibility index (Phi) is 3.65. The van der Waals surface area contributed by atoms with E-state index in [2.05, 4.69) is 29.0 Å². The topological polar surface area (TPSA) is 34.1 Å². The van der Waals surface area contributed by atoms with E-state index < -0.39 is 0 Å². The second-order valence-corrected chi connectivity index (χ2v) is 5.29. The Morgan fingerprint density at radius 1 is 1.37 bits per heavy atom. The fourth-order valence-electron chi connectivity index (χ4n) is 3.30. The number of nitrogens with one attached hydrogen (secondary N) is 1. The van der Waals surface area contributed by atoms with Gasteiger partial charge in [-0.15, -0.1) is 0 Å². The summed E-state index contributed by atoms with van der Waals surface area (Å²) in [4.78, 5) is 4.28. The van der Waals surface area contributed by atoms with Gasteiger partial charge in [0.2, 0.25) is 0 Å². The monoisotopic (exact) mass is 256 g/mol. The summed E-state index contributed by atoms with van der Waals surface area (Å²) in [7, 11) is 0. The summed E-state index contributed by atoms with van der Waals surface area (Å²) < 4.78 is 5.33. The van der Waals surface area contributed by atoms with Crippen LogP contribution in [0.3, 0.4) is 0 Å². The van der Waals surface area contributed by atoms with E-state index >= 15 is 0 Å². The lowest BCUT2D eigenvalue weighted by atomic mass is 9.73. The number of aromatic nitrogens is 1. The van der Waals surface area contributed by atoms with Crippen LogP contribution < -0.4 is 10.1 Å². The van der Waals surface area contributed by atoms with E-state index in [0.29, 0.717) is 5.92 Å². The largest absolute Gasteiger partial charge is 0.464 e. The molecule has 1 aliphatic carbocycles. The second-order valence-electron chi connectivity index (χ2n) is 5.29. The number of ether oxygens (including phenoxy) is 1. The maximum absolute atomic E-state index is 5.33. The van der Waals surface area contributed by atoms with Crippen molar-refractivity contribution in [1.82, 2.24) is 10.3 Å². The molecular formula is C16H20N2O. The Morgan fingerprint density at radius 2 is 2.32 bits per heavy atom. The molecule has 2 heterocycles. The molecule has 3 heteroatoms. The molecule has 2 atom stereocenters. The summed E-state index contributed by atoms with van der Waals surface area (Å²) in [6.07, 6.45) is 11.3. The summed E-state index contributed by atoms with van der Waals surface area (Å²) in [6.45, 7) is 5.83. The zero-order valence-electron chi connectivity index (χ0n) is 11.1. The summed E-state index contributed by atoms with van der Waals surface area (Å²) in [5.41, 5.74) is 2.63. The van der Waals surface area contributed by atoms with Gasteiger partial charge in [0.05, 0.1) is 12.5 Å². The van der Waals surface area contributed by atoms with Crippen LogP contribution >= 0.6 is 0 Å². The van der Waals surface area contributed by atoms with Crippen LogP contribution in [0.2, 0.25) is 0 Å². The first kappa shape index (κ1) is 12.4. The van der Waals surface area contributed by atoms with Crippen LogP contribution in [0.5, 0.6) is 5.75 Å². The van der Waals surface area contributed by atoms with E-state index in [0.717, 1.165) is 24.8 Å². The Bertz CT molecular complexity index is 495. The third-order valence-electron chi connectivity index (χ3n) is 4.19. The minimum atomic E-state index is 0.628. The number of piperidine rings is 1. The lowest BCUT2D eigenvalue weighted by molar-refractivity contribution is 0.285. The van der Waals surface area contributed by atoms with Crippen molar-refractivity contribution in [2.24, 2.45) is 11.8 Å². The molecule has 3 rings (SSSR count). The highest BCUT2D eigenvalue weighted by Gasteiger charge is 2.30. The third kappa shape index (κ3) is 2.56. The minimum Gasteiger partial charge on any atom is -0.464 e. The van der Waals surface area contributed by atoms with Crippen molar-refractivity contribution >= 4 is 5.57 Å². The van der Waals surface area contributed by atoms with Gasteiger partial charge in [-0.1, -0.05) is 12.7 Å². The van der Waals surface area contributed by atoms with Crippen LogP contribution in [0.15, 0.2) is 37.4 Å². The van der Waals surface area contributed by atoms with Gasteiger partial charge in [0.15, 0.2) is 0 Å². The van der Waals surface area contributed by atoms with Gasteiger partial charge in [0, 0.05) is 12.7 Å². The summed E-state index contributed by atoms with van der Waals surface area (Å²) in [6, 6.07) is 2.07. The van der Waals surface area contributed by atoms with Crippen LogP contribution in [0.4, 0.5) is 0 Å². The molecule has 0 amide bonds. The molecule has 0 saturated carbocycles. The smallest absolute Gasteiger partial charge is 0.145 e. The summed E-state index contributed by atoms with van der Waals surface area (Å²) >= 11 is 0. The van der Waals surface area contributed by atoms with Gasteiger partial charge >= 0.3 is 0 Å². The standard InChI is InChI=1S/C16H20N2O/c1-2-19-14-8-13(9-18-10-14)15-5-3-4-12-6-7-17-11-16(12)15/h2,5,8-10,12,16-17H,1,3-4,6-7,11H2/t12-,16+/m1/s1. The molecule has 1 aromatic heterocycles. The molecule has 2 aliphatic rings. The van der Waals surface area contributed by atoms with Gasteiger partial charge in [-0.25, -0.2) is 0 Å². The number of rotatable bonds is 3. The predicted octanol–water partition coefficient (Wildman–Crippen LogP) is 3.01. The van der Waals surface area contributed by atoms with E-state index in [4.69, 9.17) is 4.74 Å². The van der Waals surface area contributed by atoms with Crippen molar-refractivity contribution in [2.75, 3.05) is 13.1 Å². The zero-order valence-corrected chi connectivity index (χ0v) is 11.1. The summed E-state index contributed by atoms with van der Waals surface area (Å²) in [5, 5.41) is 3.51. The first-order chi connectivity index (χ1) is 9.38. The third-order valence-corrected chi connectivity index (χ3v) is 4.19. The molecule has 1 fully saturated rings. The van der Waals surface area contributed by atoms with Gasteiger partial charge < -0.3 is 10.1 Å². The molecule has 19 heavy (non-hydrogen) atoms. The number of allylic oxidation sites excluding steroid dienone is 1. The molecule has 0 spiro atoms. The molecular weight excluding hydrogens is 236 g/mol. The predicted molar refractivity (Wildman–Crippen MR) is 76.7 cm³/mol. The first-order valence-corrected chi connectivity index (χ1v) is 7.02. The van der Waals surface area contributed by atoms with Gasteiger partial charge in [-0.3, -0.25) is 4.98 Å². The number of hydrogen-bond acceptors (Lipinski definition) is 3. The van der Waals surface area contributed by atoms with Crippen LogP contribution in [-0.2, 0) is 0 Å². The highest BCUT2D eigenvalue weighted by atomic mass is 16.5. The van der Waals surface area contributed by atoms with E-state index in [9.17, 15) is 0 Å². The van der Waals surface area contributed by atoms with Crippen molar-refractivity contribution in [3.8, 4) is 5.75 Å². The van der Waals surface area contributed by atoms with Gasteiger partial charge in [-0.05, 0) is 54.8 Å². The Hall–Kier alpha value is -1.61. The molecule has 0 radical (unpaired) electrons. The first-order valence-electron chi connectivity index (χ1n) is 7.02. The second kappa shape index (κ2) is 5.57. The Morgan fingerprint density at radius 3 is 3.21 bits per heavy atom. The van der Waals surface area contributed by atoms with Crippen molar-refractivity contribution in [3.63, 3.8) is 0 Å². The lowest BCUT2D eigenvalue weighted by Crippen LogP contribution is -2.38. The number of hydrogen-bond donors (Lipinski definition) is 1. The highest BCUT2D eigenvalue weighted by molar-refractivity contribution is 5.69. The van der Waals surface area contributed by atoms with Gasteiger partial charge in [-0.2, -0.15) is 0 Å². The maximum Gasteiger partial charge on any atom is 0.145 e. The normalized spacial score (nSPS) is 26.2. The molecule has 3 nitrogen and oxygen atoms in total. The fourth-order valence-corrected chi connectivity index (χ4v) is 3.30. The average molecular weight is 256 g/mol. The highest BCUT2D eigenvalue weighted by Crippen LogP contribution is 2.39. The SMILES string of the molecule is C=COc1cncc(C2=CCC[C@@H]3CCNC[C@H]23)c1. The Balaban J connectivity index is 1.89. The van der Waals surface area contributed by atoms with Crippen molar-refractivity contribution in [3.05, 3.63) is 42.9 Å². The van der Waals surface area contributed by atoms with E-state index in [1.807, 2.05) is 6.20 Å². The fraction of sp³-hybridized carbons (Fsp3) is 0.438. The Labute approximate surface area is 114 Å². The zero-order chi connectivity index (χ0) is 13.1. The van der Waals surface area contributed by atoms with Crippen LogP contribution in [0.25, 0.3) is 5.57 Å². The molecule has 0 bridgehead atoms. The van der Waals surface area contributed by atoms with Crippen LogP contribution in [0, 0.1) is 11.8 Å². The minimum absolute atomic E-state index is 0.628. The maximum atomic E-state index is 5.33. The average Bonchev–Trinajstić information content (AvgIpc) is 2.47. The quantitative estimate of drug-likeness (QED) is 0.844. The van der Waals surface area contributed by atoms with E-state index in [1.54, 1.807) is 6.20 Å². The van der Waals surface area contributed by atoms with Crippen LogP contribution in [0.1, 0.15) is 24.8 Å². The van der Waals surface area contributed by atoms with E-state index in [1.165, 1.54) is 36.7 Å². The molecule has 1 saturated heterocycles. The van der Waals surface area contributed by atoms with Gasteiger partial charge in [0.25, 0.3) is 0 Å². The summed E-state index contributed by atoms with van der Waals surface area (Å²) in [5.74, 6) is 2.22. The molecule has 0 unspecified atom stereocenters. The molecule has 1 aliphatic heterocycles. The van der Waals surface area contributed by atoms with Crippen molar-refractivity contribution in [2.45, 2.75) is 19.3 Å². The number of nitrogens with zero attached hydrogens (tertiary/aromatic N) is 1. The number of pyridine rings is 1. The molecule has 100 valence electrons.